The number of carbonyl (C=O) groups excluding carboxylic acids is 1. The third-order valence-corrected chi connectivity index (χ3v) is 4.36. The summed E-state index contributed by atoms with van der Waals surface area (Å²) >= 11 is 0. The number of carbonyl (C=O) groups is 1. The third kappa shape index (κ3) is 5.43. The van der Waals surface area contributed by atoms with Crippen LogP contribution in [0, 0.1) is 0 Å². The maximum absolute atomic E-state index is 12.1. The van der Waals surface area contributed by atoms with E-state index < -0.39 is 0 Å². The third-order valence-electron chi connectivity index (χ3n) is 4.36. The van der Waals surface area contributed by atoms with Crippen LogP contribution in [0.1, 0.15) is 32.3 Å². The molecule has 0 unspecified atom stereocenters. The first-order valence-corrected chi connectivity index (χ1v) is 8.70. The number of hydrogen-bond donors (Lipinski definition) is 1. The molecule has 1 aliphatic rings. The lowest BCUT2D eigenvalue weighted by molar-refractivity contribution is 0.207. The number of nitrogens with zero attached hydrogens (tertiary/aromatic N) is 2. The molecule has 1 aromatic rings. The van der Waals surface area contributed by atoms with Gasteiger partial charge in [-0.25, -0.2) is 4.79 Å². The molecule has 5 heteroatoms. The van der Waals surface area contributed by atoms with E-state index in [0.29, 0.717) is 13.2 Å². The van der Waals surface area contributed by atoms with Gasteiger partial charge in [0.05, 0.1) is 0 Å². The van der Waals surface area contributed by atoms with Crippen LogP contribution in [0.4, 0.5) is 4.79 Å². The Kier molecular flexibility index (Phi) is 7.20. The van der Waals surface area contributed by atoms with Gasteiger partial charge in [-0.1, -0.05) is 32.0 Å². The van der Waals surface area contributed by atoms with E-state index in [1.165, 1.54) is 0 Å². The fourth-order valence-electron chi connectivity index (χ4n) is 2.82. The van der Waals surface area contributed by atoms with Crippen molar-refractivity contribution in [2.45, 2.75) is 33.2 Å². The molecular weight excluding hydrogens is 290 g/mol. The van der Waals surface area contributed by atoms with Crippen LogP contribution in [-0.2, 0) is 6.54 Å². The van der Waals surface area contributed by atoms with Gasteiger partial charge in [0.2, 0.25) is 0 Å². The molecule has 1 saturated heterocycles. The van der Waals surface area contributed by atoms with Gasteiger partial charge in [0, 0.05) is 31.7 Å². The lowest BCUT2D eigenvalue weighted by Crippen LogP contribution is -2.37. The molecule has 2 rings (SSSR count). The second-order valence-electron chi connectivity index (χ2n) is 5.84. The van der Waals surface area contributed by atoms with Crippen molar-refractivity contribution in [1.82, 2.24) is 15.1 Å². The van der Waals surface area contributed by atoms with Gasteiger partial charge < -0.3 is 19.9 Å². The molecule has 0 radical (unpaired) electrons. The molecule has 0 aliphatic carbocycles. The molecule has 1 fully saturated rings. The van der Waals surface area contributed by atoms with Crippen LogP contribution < -0.4 is 10.1 Å². The van der Waals surface area contributed by atoms with Crippen molar-refractivity contribution in [3.05, 3.63) is 29.8 Å². The fraction of sp³-hybridized carbons (Fsp3) is 0.611. The molecular formula is C18H29N3O2. The standard InChI is InChI=1S/C18H29N3O2/c1-3-20(4-2)13-14-23-17-10-6-5-9-16(17)15-19-18(22)21-11-7-8-12-21/h5-6,9-10H,3-4,7-8,11-15H2,1-2H3,(H,19,22). The smallest absolute Gasteiger partial charge is 0.317 e. The molecule has 0 aromatic heterocycles. The average Bonchev–Trinajstić information content (AvgIpc) is 3.12. The van der Waals surface area contributed by atoms with E-state index in [1.54, 1.807) is 0 Å². The zero-order chi connectivity index (χ0) is 16.5. The van der Waals surface area contributed by atoms with Gasteiger partial charge in [-0.05, 0) is 32.0 Å². The van der Waals surface area contributed by atoms with E-state index in [1.807, 2.05) is 29.2 Å². The SMILES string of the molecule is CCN(CC)CCOc1ccccc1CNC(=O)N1CCCC1. The number of benzene rings is 1. The van der Waals surface area contributed by atoms with E-state index in [2.05, 4.69) is 24.1 Å². The van der Waals surface area contributed by atoms with Crippen LogP contribution in [-0.4, -0.2) is 55.2 Å². The highest BCUT2D eigenvalue weighted by Crippen LogP contribution is 2.18. The number of rotatable bonds is 8. The molecule has 1 aromatic carbocycles. The molecule has 23 heavy (non-hydrogen) atoms. The summed E-state index contributed by atoms with van der Waals surface area (Å²) in [5, 5.41) is 3.00. The number of urea groups is 1. The molecule has 128 valence electrons. The van der Waals surface area contributed by atoms with E-state index in [4.69, 9.17) is 4.74 Å². The number of ether oxygens (including phenoxy) is 1. The van der Waals surface area contributed by atoms with Crippen molar-refractivity contribution in [1.29, 1.82) is 0 Å². The zero-order valence-electron chi connectivity index (χ0n) is 14.4. The summed E-state index contributed by atoms with van der Waals surface area (Å²) in [5.41, 5.74) is 1.03. The fourth-order valence-corrected chi connectivity index (χ4v) is 2.82. The van der Waals surface area contributed by atoms with Crippen molar-refractivity contribution >= 4 is 6.03 Å². The minimum atomic E-state index is 0.0282. The number of likely N-dealkylation sites (tertiary alicyclic amines) is 1. The zero-order valence-corrected chi connectivity index (χ0v) is 14.4. The van der Waals surface area contributed by atoms with Gasteiger partial charge in [0.25, 0.3) is 0 Å². The molecule has 0 atom stereocenters. The van der Waals surface area contributed by atoms with E-state index in [9.17, 15) is 4.79 Å². The molecule has 2 amide bonds. The maximum atomic E-state index is 12.1. The van der Waals surface area contributed by atoms with Gasteiger partial charge in [0.15, 0.2) is 0 Å². The number of nitrogens with one attached hydrogen (secondary N) is 1. The summed E-state index contributed by atoms with van der Waals surface area (Å²) in [7, 11) is 0. The molecule has 0 saturated carbocycles. The molecule has 1 heterocycles. The summed E-state index contributed by atoms with van der Waals surface area (Å²) in [6.07, 6.45) is 2.22. The summed E-state index contributed by atoms with van der Waals surface area (Å²) in [4.78, 5) is 16.3. The highest BCUT2D eigenvalue weighted by atomic mass is 16.5. The monoisotopic (exact) mass is 319 g/mol. The molecule has 1 aliphatic heterocycles. The van der Waals surface area contributed by atoms with Crippen LogP contribution in [0.3, 0.4) is 0 Å². The van der Waals surface area contributed by atoms with E-state index in [-0.39, 0.29) is 6.03 Å². The van der Waals surface area contributed by atoms with Crippen molar-refractivity contribution in [3.8, 4) is 5.75 Å². The predicted octanol–water partition coefficient (Wildman–Crippen LogP) is 2.71. The molecule has 0 bridgehead atoms. The lowest BCUT2D eigenvalue weighted by atomic mass is 10.2. The first-order chi connectivity index (χ1) is 11.2. The normalized spacial score (nSPS) is 14.3. The Labute approximate surface area is 139 Å². The Morgan fingerprint density at radius 1 is 1.22 bits per heavy atom. The average molecular weight is 319 g/mol. The van der Waals surface area contributed by atoms with Crippen LogP contribution in [0.25, 0.3) is 0 Å². The van der Waals surface area contributed by atoms with Crippen LogP contribution in [0.15, 0.2) is 24.3 Å². The van der Waals surface area contributed by atoms with Crippen molar-refractivity contribution in [2.75, 3.05) is 39.3 Å². The van der Waals surface area contributed by atoms with Crippen molar-refractivity contribution < 1.29 is 9.53 Å². The maximum Gasteiger partial charge on any atom is 0.317 e. The van der Waals surface area contributed by atoms with Crippen LogP contribution in [0.2, 0.25) is 0 Å². The van der Waals surface area contributed by atoms with Crippen LogP contribution in [0.5, 0.6) is 5.75 Å². The second-order valence-corrected chi connectivity index (χ2v) is 5.84. The van der Waals surface area contributed by atoms with Gasteiger partial charge in [-0.2, -0.15) is 0 Å². The Morgan fingerprint density at radius 3 is 2.61 bits per heavy atom. The van der Waals surface area contributed by atoms with E-state index in [0.717, 1.165) is 56.9 Å². The quantitative estimate of drug-likeness (QED) is 0.801. The molecule has 5 nitrogen and oxygen atoms in total. The van der Waals surface area contributed by atoms with Gasteiger partial charge in [0.1, 0.15) is 12.4 Å². The van der Waals surface area contributed by atoms with E-state index >= 15 is 0 Å². The summed E-state index contributed by atoms with van der Waals surface area (Å²) in [6, 6.07) is 7.96. The van der Waals surface area contributed by atoms with Crippen molar-refractivity contribution in [2.24, 2.45) is 0 Å². The number of para-hydroxylation sites is 1. The topological polar surface area (TPSA) is 44.8 Å². The highest BCUT2D eigenvalue weighted by molar-refractivity contribution is 5.74. The first kappa shape index (κ1) is 17.6. The second kappa shape index (κ2) is 9.40. The van der Waals surface area contributed by atoms with Crippen LogP contribution >= 0.6 is 0 Å². The minimum Gasteiger partial charge on any atom is -0.492 e. The number of amides is 2. The summed E-state index contributed by atoms with van der Waals surface area (Å²) in [5.74, 6) is 0.862. The first-order valence-electron chi connectivity index (χ1n) is 8.70. The summed E-state index contributed by atoms with van der Waals surface area (Å²) < 4.78 is 5.92. The number of likely N-dealkylation sites (N-methyl/N-ethyl adjacent to an activating group) is 1. The van der Waals surface area contributed by atoms with Gasteiger partial charge in [-0.3, -0.25) is 0 Å². The molecule has 1 N–H and O–H groups in total. The lowest BCUT2D eigenvalue weighted by Gasteiger charge is -2.20. The largest absolute Gasteiger partial charge is 0.492 e. The van der Waals surface area contributed by atoms with Gasteiger partial charge >= 0.3 is 6.03 Å². The van der Waals surface area contributed by atoms with Gasteiger partial charge in [-0.15, -0.1) is 0 Å². The number of hydrogen-bond acceptors (Lipinski definition) is 3. The predicted molar refractivity (Wildman–Crippen MR) is 92.8 cm³/mol. The Bertz CT molecular complexity index is 483. The Balaban J connectivity index is 1.83. The highest BCUT2D eigenvalue weighted by Gasteiger charge is 2.17. The molecule has 0 spiro atoms. The Hall–Kier alpha value is -1.75. The Morgan fingerprint density at radius 2 is 1.91 bits per heavy atom. The minimum absolute atomic E-state index is 0.0282. The van der Waals surface area contributed by atoms with Crippen molar-refractivity contribution in [3.63, 3.8) is 0 Å². The summed E-state index contributed by atoms with van der Waals surface area (Å²) in [6.45, 7) is 10.2.